The van der Waals surface area contributed by atoms with Gasteiger partial charge >= 0.3 is 0 Å². The van der Waals surface area contributed by atoms with Gasteiger partial charge in [-0.05, 0) is 37.6 Å². The molecule has 1 aromatic carbocycles. The fourth-order valence-electron chi connectivity index (χ4n) is 3.49. The second kappa shape index (κ2) is 8.13. The van der Waals surface area contributed by atoms with Crippen LogP contribution in [-0.4, -0.2) is 31.3 Å². The molecule has 0 aliphatic carbocycles. The Morgan fingerprint density at radius 3 is 2.65 bits per heavy atom. The Labute approximate surface area is 187 Å². The Kier molecular flexibility index (Phi) is 5.17. The predicted octanol–water partition coefficient (Wildman–Crippen LogP) is 5.73. The molecular formula is C23H18N4O2S2. The highest BCUT2D eigenvalue weighted by molar-refractivity contribution is 7.99. The van der Waals surface area contributed by atoms with Crippen molar-refractivity contribution in [3.05, 3.63) is 77.7 Å². The number of hydrogen-bond donors (Lipinski definition) is 0. The Hall–Kier alpha value is -3.23. The number of fused-ring (bicyclic) bond motifs is 1. The highest BCUT2D eigenvalue weighted by atomic mass is 32.2. The molecule has 6 nitrogen and oxygen atoms in total. The maximum atomic E-state index is 12.4. The van der Waals surface area contributed by atoms with Gasteiger partial charge in [0.15, 0.2) is 5.78 Å². The van der Waals surface area contributed by atoms with Gasteiger partial charge in [-0.1, -0.05) is 42.1 Å². The van der Waals surface area contributed by atoms with E-state index in [-0.39, 0.29) is 11.5 Å². The van der Waals surface area contributed by atoms with Gasteiger partial charge in [0, 0.05) is 29.0 Å². The number of aryl methyl sites for hydroxylation is 2. The summed E-state index contributed by atoms with van der Waals surface area (Å²) in [5, 5.41) is 9.89. The van der Waals surface area contributed by atoms with Crippen LogP contribution in [0.4, 0.5) is 0 Å². The van der Waals surface area contributed by atoms with Gasteiger partial charge < -0.3 is 8.98 Å². The smallest absolute Gasteiger partial charge is 0.277 e. The van der Waals surface area contributed by atoms with Crippen LogP contribution in [0.25, 0.3) is 26.7 Å². The van der Waals surface area contributed by atoms with Crippen LogP contribution in [-0.2, 0) is 0 Å². The van der Waals surface area contributed by atoms with Crippen molar-refractivity contribution < 1.29 is 9.21 Å². The van der Waals surface area contributed by atoms with Gasteiger partial charge in [0.05, 0.1) is 11.4 Å². The molecular weight excluding hydrogens is 428 g/mol. The maximum absolute atomic E-state index is 12.4. The first-order valence-electron chi connectivity index (χ1n) is 9.69. The number of aromatic nitrogens is 4. The molecule has 0 spiro atoms. The summed E-state index contributed by atoms with van der Waals surface area (Å²) in [4.78, 5) is 18.9. The first-order valence-corrected chi connectivity index (χ1v) is 11.5. The molecule has 8 heteroatoms. The summed E-state index contributed by atoms with van der Waals surface area (Å²) in [5.41, 5.74) is 3.77. The van der Waals surface area contributed by atoms with Gasteiger partial charge in [-0.3, -0.25) is 4.79 Å². The normalized spacial score (nSPS) is 11.3. The summed E-state index contributed by atoms with van der Waals surface area (Å²) < 4.78 is 8.00. The summed E-state index contributed by atoms with van der Waals surface area (Å²) >= 11 is 2.78. The largest absolute Gasteiger partial charge is 0.410 e. The van der Waals surface area contributed by atoms with E-state index in [2.05, 4.69) is 23.2 Å². The van der Waals surface area contributed by atoms with Crippen molar-refractivity contribution in [3.63, 3.8) is 0 Å². The van der Waals surface area contributed by atoms with E-state index in [9.17, 15) is 4.79 Å². The summed E-state index contributed by atoms with van der Waals surface area (Å²) in [6, 6.07) is 15.2. The van der Waals surface area contributed by atoms with Crippen LogP contribution in [0.15, 0.2) is 70.6 Å². The van der Waals surface area contributed by atoms with E-state index in [0.29, 0.717) is 16.7 Å². The molecule has 154 valence electrons. The lowest BCUT2D eigenvalue weighted by Gasteiger charge is -2.06. The standard InChI is InChI=1S/C23H18N4O2S2/c1-14-12-15(2)24-22-18(14)19(27-10-6-7-11-27)20(31-22)21-25-26-23(29-21)30-13-17(28)16-8-4-3-5-9-16/h3-12H,13H2,1-2H3. The first-order chi connectivity index (χ1) is 15.1. The lowest BCUT2D eigenvalue weighted by atomic mass is 10.1. The SMILES string of the molecule is Cc1cc(C)c2c(-n3cccc3)c(-c3nnc(SCC(=O)c4ccccc4)o3)sc2n1. The number of rotatable bonds is 6. The molecule has 0 aliphatic heterocycles. The number of carbonyl (C=O) groups is 1. The monoisotopic (exact) mass is 446 g/mol. The second-order valence-corrected chi connectivity index (χ2v) is 9.01. The van der Waals surface area contributed by atoms with Crippen molar-refractivity contribution in [2.45, 2.75) is 19.1 Å². The molecule has 4 aromatic heterocycles. The molecule has 0 saturated heterocycles. The second-order valence-electron chi connectivity index (χ2n) is 7.08. The van der Waals surface area contributed by atoms with Gasteiger partial charge in [0.2, 0.25) is 0 Å². The number of thioether (sulfide) groups is 1. The Balaban J connectivity index is 1.49. The van der Waals surface area contributed by atoms with Gasteiger partial charge in [0.25, 0.3) is 11.1 Å². The molecule has 0 atom stereocenters. The molecule has 0 fully saturated rings. The molecule has 0 bridgehead atoms. The molecule has 0 radical (unpaired) electrons. The molecule has 0 saturated carbocycles. The van der Waals surface area contributed by atoms with Crippen molar-refractivity contribution in [2.24, 2.45) is 0 Å². The first kappa shape index (κ1) is 19.7. The number of benzene rings is 1. The van der Waals surface area contributed by atoms with E-state index < -0.39 is 0 Å². The Morgan fingerprint density at radius 1 is 1.10 bits per heavy atom. The Bertz CT molecular complexity index is 1370. The zero-order chi connectivity index (χ0) is 21.4. The zero-order valence-corrected chi connectivity index (χ0v) is 18.5. The molecule has 0 amide bonds. The predicted molar refractivity (Wildman–Crippen MR) is 123 cm³/mol. The van der Waals surface area contributed by atoms with Crippen LogP contribution < -0.4 is 0 Å². The van der Waals surface area contributed by atoms with Crippen LogP contribution in [0.1, 0.15) is 21.6 Å². The molecule has 5 rings (SSSR count). The third-order valence-corrected chi connectivity index (χ3v) is 6.73. The van der Waals surface area contributed by atoms with Crippen molar-refractivity contribution in [1.29, 1.82) is 0 Å². The van der Waals surface area contributed by atoms with Crippen molar-refractivity contribution in [1.82, 2.24) is 19.7 Å². The maximum Gasteiger partial charge on any atom is 0.277 e. The van der Waals surface area contributed by atoms with Crippen molar-refractivity contribution >= 4 is 39.1 Å². The average molecular weight is 447 g/mol. The number of pyridine rings is 1. The number of ketones is 1. The van der Waals surface area contributed by atoms with E-state index in [1.165, 1.54) is 23.1 Å². The van der Waals surface area contributed by atoms with Gasteiger partial charge in [-0.25, -0.2) is 4.98 Å². The van der Waals surface area contributed by atoms with Crippen LogP contribution in [0, 0.1) is 13.8 Å². The van der Waals surface area contributed by atoms with Crippen molar-refractivity contribution in [3.8, 4) is 16.5 Å². The van der Waals surface area contributed by atoms with Gasteiger partial charge in [0.1, 0.15) is 9.71 Å². The number of hydrogen-bond acceptors (Lipinski definition) is 7. The molecule has 0 unspecified atom stereocenters. The van der Waals surface area contributed by atoms with Crippen LogP contribution >= 0.6 is 23.1 Å². The third-order valence-electron chi connectivity index (χ3n) is 4.85. The molecule has 5 aromatic rings. The van der Waals surface area contributed by atoms with Crippen LogP contribution in [0.5, 0.6) is 0 Å². The lowest BCUT2D eigenvalue weighted by molar-refractivity contribution is 0.102. The van der Waals surface area contributed by atoms with Gasteiger partial charge in [-0.15, -0.1) is 21.5 Å². The molecule has 0 aliphatic rings. The fraction of sp³-hybridized carbons (Fsp3) is 0.130. The van der Waals surface area contributed by atoms with E-state index in [0.717, 1.165) is 32.0 Å². The number of nitrogens with zero attached hydrogens (tertiary/aromatic N) is 4. The topological polar surface area (TPSA) is 73.8 Å². The van der Waals surface area contributed by atoms with Crippen LogP contribution in [0.3, 0.4) is 0 Å². The highest BCUT2D eigenvalue weighted by Gasteiger charge is 2.23. The number of thiophene rings is 1. The average Bonchev–Trinajstić information content (AvgIpc) is 3.51. The number of Topliss-reactive ketones (excluding diaryl/α,β-unsaturated/α-hetero) is 1. The van der Waals surface area contributed by atoms with E-state index >= 15 is 0 Å². The Morgan fingerprint density at radius 2 is 1.87 bits per heavy atom. The lowest BCUT2D eigenvalue weighted by Crippen LogP contribution is -2.01. The minimum Gasteiger partial charge on any atom is -0.410 e. The minimum absolute atomic E-state index is 0.0237. The third kappa shape index (κ3) is 3.80. The van der Waals surface area contributed by atoms with Crippen molar-refractivity contribution in [2.75, 3.05) is 5.75 Å². The quantitative estimate of drug-likeness (QED) is 0.245. The van der Waals surface area contributed by atoms with Gasteiger partial charge in [-0.2, -0.15) is 0 Å². The van der Waals surface area contributed by atoms with E-state index in [1.54, 1.807) is 12.1 Å². The summed E-state index contributed by atoms with van der Waals surface area (Å²) in [6.07, 6.45) is 3.99. The molecule has 0 N–H and O–H groups in total. The molecule has 4 heterocycles. The minimum atomic E-state index is 0.0237. The highest BCUT2D eigenvalue weighted by Crippen LogP contribution is 2.42. The number of carbonyl (C=O) groups excluding carboxylic acids is 1. The summed E-state index contributed by atoms with van der Waals surface area (Å²) in [6.45, 7) is 4.08. The van der Waals surface area contributed by atoms with Crippen LogP contribution in [0.2, 0.25) is 0 Å². The zero-order valence-electron chi connectivity index (χ0n) is 16.9. The summed E-state index contributed by atoms with van der Waals surface area (Å²) in [5.74, 6) is 0.691. The van der Waals surface area contributed by atoms with E-state index in [1.807, 2.05) is 54.2 Å². The summed E-state index contributed by atoms with van der Waals surface area (Å²) in [7, 11) is 0. The van der Waals surface area contributed by atoms with E-state index in [4.69, 9.17) is 9.40 Å². The fourth-order valence-corrected chi connectivity index (χ4v) is 5.37. The molecule has 31 heavy (non-hydrogen) atoms.